The van der Waals surface area contributed by atoms with Gasteiger partial charge in [0.15, 0.2) is 5.79 Å². The van der Waals surface area contributed by atoms with Crippen molar-refractivity contribution in [1.29, 1.82) is 0 Å². The van der Waals surface area contributed by atoms with Crippen LogP contribution in [0.25, 0.3) is 0 Å². The molecule has 5 nitrogen and oxygen atoms in total. The maximum Gasteiger partial charge on any atom is 0.315 e. The van der Waals surface area contributed by atoms with E-state index < -0.39 is 0 Å². The minimum Gasteiger partial charge on any atom is -0.348 e. The van der Waals surface area contributed by atoms with E-state index in [0.717, 1.165) is 32.1 Å². The number of hydrogen-bond donors (Lipinski definition) is 2. The van der Waals surface area contributed by atoms with Gasteiger partial charge in [-0.2, -0.15) is 0 Å². The average molecular weight is 324 g/mol. The number of unbranched alkanes of at least 4 members (excludes halogenated alkanes) is 1. The molecule has 2 atom stereocenters. The fourth-order valence-corrected chi connectivity index (χ4v) is 4.42. The molecule has 3 rings (SSSR count). The average Bonchev–Trinajstić information content (AvgIpc) is 3.18. The second-order valence-corrected chi connectivity index (χ2v) is 7.44. The quantitative estimate of drug-likeness (QED) is 0.815. The van der Waals surface area contributed by atoms with Gasteiger partial charge in [-0.15, -0.1) is 0 Å². The molecular weight excluding hydrogens is 292 g/mol. The highest BCUT2D eigenvalue weighted by atomic mass is 16.7. The number of hydrogen-bond acceptors (Lipinski definition) is 3. The van der Waals surface area contributed by atoms with Gasteiger partial charge in [-0.05, 0) is 38.0 Å². The number of urea groups is 1. The van der Waals surface area contributed by atoms with Crippen molar-refractivity contribution in [2.24, 2.45) is 5.92 Å². The van der Waals surface area contributed by atoms with Gasteiger partial charge in [0, 0.05) is 24.9 Å². The lowest BCUT2D eigenvalue weighted by Gasteiger charge is -2.35. The van der Waals surface area contributed by atoms with E-state index in [1.54, 1.807) is 0 Å². The van der Waals surface area contributed by atoms with Crippen LogP contribution in [0.3, 0.4) is 0 Å². The van der Waals surface area contributed by atoms with Gasteiger partial charge in [0.05, 0.1) is 13.2 Å². The zero-order valence-electron chi connectivity index (χ0n) is 14.4. The smallest absolute Gasteiger partial charge is 0.315 e. The first-order chi connectivity index (χ1) is 11.2. The van der Waals surface area contributed by atoms with Gasteiger partial charge in [0.1, 0.15) is 0 Å². The summed E-state index contributed by atoms with van der Waals surface area (Å²) in [5.41, 5.74) is 0. The van der Waals surface area contributed by atoms with E-state index in [-0.39, 0.29) is 17.9 Å². The summed E-state index contributed by atoms with van der Waals surface area (Å²) in [6.07, 6.45) is 11.1. The van der Waals surface area contributed by atoms with Crippen molar-refractivity contribution in [2.75, 3.05) is 13.2 Å². The van der Waals surface area contributed by atoms with E-state index in [1.165, 1.54) is 32.1 Å². The molecule has 2 amide bonds. The fourth-order valence-electron chi connectivity index (χ4n) is 4.42. The molecule has 0 aromatic heterocycles. The molecule has 3 fully saturated rings. The molecule has 0 radical (unpaired) electrons. The highest BCUT2D eigenvalue weighted by Gasteiger charge is 2.40. The Morgan fingerprint density at radius 1 is 1.09 bits per heavy atom. The van der Waals surface area contributed by atoms with Crippen LogP contribution in [-0.2, 0) is 9.47 Å². The van der Waals surface area contributed by atoms with Crippen molar-refractivity contribution in [1.82, 2.24) is 10.6 Å². The molecule has 2 aliphatic carbocycles. The molecule has 0 unspecified atom stereocenters. The van der Waals surface area contributed by atoms with E-state index >= 15 is 0 Å². The Balaban J connectivity index is 1.39. The molecule has 5 heteroatoms. The Labute approximate surface area is 139 Å². The summed E-state index contributed by atoms with van der Waals surface area (Å²) in [5.74, 6) is 0.335. The van der Waals surface area contributed by atoms with Crippen molar-refractivity contribution in [3.8, 4) is 0 Å². The molecule has 3 aliphatic rings. The standard InChI is InChI=1S/C18H32N2O3/c1-2-3-5-14-6-4-7-16(14)20-17(21)19-15-8-10-18(11-9-15)22-12-13-23-18/h14-16H,2-13H2,1H3,(H2,19,20,21)/t14-,16-/m0/s1. The maximum atomic E-state index is 12.3. The third-order valence-corrected chi connectivity index (χ3v) is 5.80. The summed E-state index contributed by atoms with van der Waals surface area (Å²) in [6, 6.07) is 0.648. The predicted octanol–water partition coefficient (Wildman–Crippen LogP) is 3.33. The SMILES string of the molecule is CCCC[C@H]1CCC[C@@H]1NC(=O)NC1CCC2(CC1)OCCO2. The second-order valence-electron chi connectivity index (χ2n) is 7.44. The van der Waals surface area contributed by atoms with Crippen molar-refractivity contribution < 1.29 is 14.3 Å². The molecule has 0 aromatic rings. The Hall–Kier alpha value is -0.810. The summed E-state index contributed by atoms with van der Waals surface area (Å²) in [7, 11) is 0. The molecule has 0 aromatic carbocycles. The summed E-state index contributed by atoms with van der Waals surface area (Å²) < 4.78 is 11.5. The van der Waals surface area contributed by atoms with Gasteiger partial charge in [-0.25, -0.2) is 4.79 Å². The summed E-state index contributed by atoms with van der Waals surface area (Å²) in [6.45, 7) is 3.65. The minimum atomic E-state index is -0.342. The monoisotopic (exact) mass is 324 g/mol. The molecule has 2 saturated carbocycles. The molecule has 1 heterocycles. The Morgan fingerprint density at radius 2 is 1.83 bits per heavy atom. The van der Waals surface area contributed by atoms with Gasteiger partial charge in [-0.3, -0.25) is 0 Å². The molecule has 0 bridgehead atoms. The van der Waals surface area contributed by atoms with Crippen LogP contribution in [0, 0.1) is 5.92 Å². The van der Waals surface area contributed by atoms with Crippen LogP contribution in [-0.4, -0.2) is 37.1 Å². The highest BCUT2D eigenvalue weighted by molar-refractivity contribution is 5.74. The number of ether oxygens (including phenoxy) is 2. The topological polar surface area (TPSA) is 59.6 Å². The first-order valence-electron chi connectivity index (χ1n) is 9.56. The number of rotatable bonds is 5. The van der Waals surface area contributed by atoms with E-state index in [2.05, 4.69) is 17.6 Å². The van der Waals surface area contributed by atoms with E-state index in [1.807, 2.05) is 0 Å². The van der Waals surface area contributed by atoms with Crippen LogP contribution in [0.2, 0.25) is 0 Å². The van der Waals surface area contributed by atoms with Crippen LogP contribution in [0.4, 0.5) is 4.79 Å². The zero-order chi connectivity index (χ0) is 16.1. The highest BCUT2D eigenvalue weighted by Crippen LogP contribution is 2.35. The molecule has 1 aliphatic heterocycles. The second kappa shape index (κ2) is 7.84. The molecular formula is C18H32N2O3. The summed E-state index contributed by atoms with van der Waals surface area (Å²) in [4.78, 5) is 12.3. The van der Waals surface area contributed by atoms with Gasteiger partial charge in [-0.1, -0.05) is 26.2 Å². The van der Waals surface area contributed by atoms with Crippen molar-refractivity contribution in [3.63, 3.8) is 0 Å². The van der Waals surface area contributed by atoms with Gasteiger partial charge in [0.25, 0.3) is 0 Å². The van der Waals surface area contributed by atoms with Crippen LogP contribution in [0.15, 0.2) is 0 Å². The number of amides is 2. The van der Waals surface area contributed by atoms with Crippen LogP contribution in [0.5, 0.6) is 0 Å². The largest absolute Gasteiger partial charge is 0.348 e. The van der Waals surface area contributed by atoms with E-state index in [4.69, 9.17) is 9.47 Å². The summed E-state index contributed by atoms with van der Waals surface area (Å²) >= 11 is 0. The van der Waals surface area contributed by atoms with E-state index in [9.17, 15) is 4.79 Å². The minimum absolute atomic E-state index is 0.0209. The lowest BCUT2D eigenvalue weighted by Crippen LogP contribution is -2.50. The Morgan fingerprint density at radius 3 is 2.52 bits per heavy atom. The van der Waals surface area contributed by atoms with Crippen LogP contribution < -0.4 is 10.6 Å². The Kier molecular flexibility index (Phi) is 5.81. The lowest BCUT2D eigenvalue weighted by molar-refractivity contribution is -0.179. The van der Waals surface area contributed by atoms with Gasteiger partial charge in [0.2, 0.25) is 0 Å². The van der Waals surface area contributed by atoms with Crippen LogP contribution >= 0.6 is 0 Å². The molecule has 23 heavy (non-hydrogen) atoms. The first-order valence-corrected chi connectivity index (χ1v) is 9.56. The maximum absolute atomic E-state index is 12.3. The Bertz CT molecular complexity index is 386. The third kappa shape index (κ3) is 4.38. The van der Waals surface area contributed by atoms with Crippen molar-refractivity contribution in [2.45, 2.75) is 89.0 Å². The fraction of sp³-hybridized carbons (Fsp3) is 0.944. The van der Waals surface area contributed by atoms with Crippen molar-refractivity contribution in [3.05, 3.63) is 0 Å². The van der Waals surface area contributed by atoms with Gasteiger partial charge >= 0.3 is 6.03 Å². The molecule has 1 saturated heterocycles. The third-order valence-electron chi connectivity index (χ3n) is 5.80. The number of nitrogens with one attached hydrogen (secondary N) is 2. The molecule has 132 valence electrons. The molecule has 2 N–H and O–H groups in total. The van der Waals surface area contributed by atoms with Crippen molar-refractivity contribution >= 4 is 6.03 Å². The zero-order valence-corrected chi connectivity index (χ0v) is 14.4. The number of carbonyl (C=O) groups excluding carboxylic acids is 1. The first kappa shape index (κ1) is 17.0. The number of carbonyl (C=O) groups is 1. The normalized spacial score (nSPS) is 30.7. The summed E-state index contributed by atoms with van der Waals surface area (Å²) in [5, 5.41) is 6.40. The van der Waals surface area contributed by atoms with Gasteiger partial charge < -0.3 is 20.1 Å². The van der Waals surface area contributed by atoms with Crippen LogP contribution in [0.1, 0.15) is 71.1 Å². The van der Waals surface area contributed by atoms with E-state index in [0.29, 0.717) is 25.2 Å². The molecule has 1 spiro atoms. The lowest BCUT2D eigenvalue weighted by atomic mass is 9.90. The predicted molar refractivity (Wildman–Crippen MR) is 89.2 cm³/mol.